The molecule has 9 heteroatoms. The minimum Gasteiger partial charge on any atom is -0.497 e. The Bertz CT molecular complexity index is 1130. The second kappa shape index (κ2) is 7.73. The molecule has 1 unspecified atom stereocenters. The molecule has 5 rings (SSSR count). The number of nitrogens with zero attached hydrogens (tertiary/aromatic N) is 4. The third kappa shape index (κ3) is 3.44. The SMILES string of the molecule is COc1cc2cc(c1)-c1cnn3ccc(nc13)OC[C@@H]1C[C@@H](OC)C(=O)N1C(C)CN2. The maximum atomic E-state index is 12.9. The summed E-state index contributed by atoms with van der Waals surface area (Å²) in [5.74, 6) is 1.21. The van der Waals surface area contributed by atoms with Crippen molar-refractivity contribution >= 4 is 17.2 Å². The largest absolute Gasteiger partial charge is 0.497 e. The van der Waals surface area contributed by atoms with Gasteiger partial charge in [0, 0.05) is 55.7 Å². The number of fused-ring (bicyclic) bond motifs is 5. The summed E-state index contributed by atoms with van der Waals surface area (Å²) < 4.78 is 18.7. The summed E-state index contributed by atoms with van der Waals surface area (Å²) in [6, 6.07) is 7.56. The number of nitrogens with one attached hydrogen (secondary N) is 1. The molecule has 0 aliphatic carbocycles. The van der Waals surface area contributed by atoms with E-state index >= 15 is 0 Å². The molecule has 2 aliphatic rings. The predicted octanol–water partition coefficient (Wildman–Crippen LogP) is 2.21. The molecule has 0 saturated carbocycles. The fourth-order valence-corrected chi connectivity index (χ4v) is 4.39. The summed E-state index contributed by atoms with van der Waals surface area (Å²) in [5.41, 5.74) is 3.41. The minimum atomic E-state index is -0.452. The van der Waals surface area contributed by atoms with Crippen LogP contribution in [0.1, 0.15) is 13.3 Å². The number of rotatable bonds is 2. The van der Waals surface area contributed by atoms with Gasteiger partial charge in [0.1, 0.15) is 18.5 Å². The Hall–Kier alpha value is -3.33. The Labute approximate surface area is 179 Å². The fourth-order valence-electron chi connectivity index (χ4n) is 4.39. The van der Waals surface area contributed by atoms with Gasteiger partial charge in [-0.15, -0.1) is 0 Å². The molecule has 1 amide bonds. The first-order valence-corrected chi connectivity index (χ1v) is 10.3. The summed E-state index contributed by atoms with van der Waals surface area (Å²) in [5, 5.41) is 7.88. The van der Waals surface area contributed by atoms with E-state index in [-0.39, 0.29) is 18.0 Å². The molecular formula is C22H25N5O4. The monoisotopic (exact) mass is 423 g/mol. The maximum absolute atomic E-state index is 12.9. The number of hydrogen-bond donors (Lipinski definition) is 1. The summed E-state index contributed by atoms with van der Waals surface area (Å²) >= 11 is 0. The van der Waals surface area contributed by atoms with Crippen LogP contribution in [0.2, 0.25) is 0 Å². The second-order valence-corrected chi connectivity index (χ2v) is 7.94. The molecule has 3 atom stereocenters. The first-order chi connectivity index (χ1) is 15.1. The lowest BCUT2D eigenvalue weighted by Crippen LogP contribution is -2.47. The first kappa shape index (κ1) is 19.6. The molecule has 0 spiro atoms. The third-order valence-electron chi connectivity index (χ3n) is 5.99. The summed E-state index contributed by atoms with van der Waals surface area (Å²) in [7, 11) is 3.21. The van der Waals surface area contributed by atoms with Crippen molar-refractivity contribution in [3.8, 4) is 22.8 Å². The number of ether oxygens (including phenoxy) is 3. The molecule has 2 aromatic heterocycles. The fraction of sp³-hybridized carbons (Fsp3) is 0.409. The average molecular weight is 423 g/mol. The summed E-state index contributed by atoms with van der Waals surface area (Å²) in [4.78, 5) is 19.5. The van der Waals surface area contributed by atoms with Crippen molar-refractivity contribution in [3.63, 3.8) is 0 Å². The molecule has 1 saturated heterocycles. The number of aromatic nitrogens is 3. The highest BCUT2D eigenvalue weighted by Crippen LogP contribution is 2.32. The van der Waals surface area contributed by atoms with Crippen molar-refractivity contribution < 1.29 is 19.0 Å². The van der Waals surface area contributed by atoms with Gasteiger partial charge in [0.2, 0.25) is 5.88 Å². The van der Waals surface area contributed by atoms with Crippen molar-refractivity contribution in [2.75, 3.05) is 32.7 Å². The first-order valence-electron chi connectivity index (χ1n) is 10.3. The molecule has 31 heavy (non-hydrogen) atoms. The van der Waals surface area contributed by atoms with Crippen molar-refractivity contribution in [2.45, 2.75) is 31.5 Å². The molecule has 2 aliphatic heterocycles. The zero-order valence-corrected chi connectivity index (χ0v) is 17.7. The van der Waals surface area contributed by atoms with Gasteiger partial charge < -0.3 is 24.4 Å². The Kier molecular flexibility index (Phi) is 4.90. The maximum Gasteiger partial charge on any atom is 0.252 e. The molecule has 0 radical (unpaired) electrons. The Morgan fingerprint density at radius 1 is 1.26 bits per heavy atom. The van der Waals surface area contributed by atoms with Crippen molar-refractivity contribution in [1.29, 1.82) is 0 Å². The van der Waals surface area contributed by atoms with E-state index in [0.717, 1.165) is 22.6 Å². The van der Waals surface area contributed by atoms with E-state index in [0.29, 0.717) is 31.1 Å². The predicted molar refractivity (Wildman–Crippen MR) is 114 cm³/mol. The molecular weight excluding hydrogens is 398 g/mol. The molecule has 162 valence electrons. The van der Waals surface area contributed by atoms with E-state index in [9.17, 15) is 4.79 Å². The number of carbonyl (C=O) groups excluding carboxylic acids is 1. The Balaban J connectivity index is 1.61. The van der Waals surface area contributed by atoms with E-state index in [1.54, 1.807) is 31.0 Å². The van der Waals surface area contributed by atoms with Gasteiger partial charge >= 0.3 is 0 Å². The van der Waals surface area contributed by atoms with E-state index in [1.807, 2.05) is 36.2 Å². The lowest BCUT2D eigenvalue weighted by atomic mass is 10.1. The molecule has 1 N–H and O–H groups in total. The van der Waals surface area contributed by atoms with Crippen LogP contribution in [-0.4, -0.2) is 71.0 Å². The number of methoxy groups -OCH3 is 2. The molecule has 3 aromatic rings. The van der Waals surface area contributed by atoms with Crippen molar-refractivity contribution in [1.82, 2.24) is 19.5 Å². The highest BCUT2D eigenvalue weighted by Gasteiger charge is 2.42. The lowest BCUT2D eigenvalue weighted by molar-refractivity contribution is -0.138. The lowest BCUT2D eigenvalue weighted by Gasteiger charge is -2.31. The van der Waals surface area contributed by atoms with E-state index < -0.39 is 6.10 Å². The molecule has 1 fully saturated rings. The van der Waals surface area contributed by atoms with Crippen LogP contribution < -0.4 is 14.8 Å². The zero-order valence-electron chi connectivity index (χ0n) is 17.7. The summed E-state index contributed by atoms with van der Waals surface area (Å²) in [6.07, 6.45) is 3.75. The van der Waals surface area contributed by atoms with Crippen LogP contribution in [0, 0.1) is 0 Å². The molecule has 1 aromatic carbocycles. The van der Waals surface area contributed by atoms with Crippen molar-refractivity contribution in [2.24, 2.45) is 0 Å². The number of amides is 1. The van der Waals surface area contributed by atoms with Crippen LogP contribution in [0.3, 0.4) is 0 Å². The Morgan fingerprint density at radius 3 is 2.94 bits per heavy atom. The number of benzene rings is 1. The highest BCUT2D eigenvalue weighted by atomic mass is 16.5. The number of carbonyl (C=O) groups is 1. The van der Waals surface area contributed by atoms with Crippen LogP contribution in [0.25, 0.3) is 16.8 Å². The number of hydrogen-bond acceptors (Lipinski definition) is 7. The quantitative estimate of drug-likeness (QED) is 0.676. The van der Waals surface area contributed by atoms with E-state index in [4.69, 9.17) is 14.2 Å². The van der Waals surface area contributed by atoms with Gasteiger partial charge in [0.05, 0.1) is 19.3 Å². The highest BCUT2D eigenvalue weighted by molar-refractivity contribution is 5.84. The van der Waals surface area contributed by atoms with Gasteiger partial charge in [-0.3, -0.25) is 4.79 Å². The van der Waals surface area contributed by atoms with Crippen LogP contribution in [-0.2, 0) is 9.53 Å². The standard InChI is InChI=1S/C22H25N5O4/c1-13-10-23-15-6-14(7-17(8-15)29-2)18-11-24-26-5-4-20(25-21(18)26)31-12-16-9-19(30-3)22(28)27(13)16/h4-8,11,13,16,19,23H,9-10,12H2,1-3H3/t13?,16-,19+/m0/s1. The topological polar surface area (TPSA) is 90.2 Å². The second-order valence-electron chi connectivity index (χ2n) is 7.94. The van der Waals surface area contributed by atoms with Gasteiger partial charge in [-0.2, -0.15) is 10.1 Å². The van der Waals surface area contributed by atoms with Gasteiger partial charge in [0.25, 0.3) is 5.91 Å². The van der Waals surface area contributed by atoms with Gasteiger partial charge in [-0.25, -0.2) is 4.52 Å². The smallest absolute Gasteiger partial charge is 0.252 e. The van der Waals surface area contributed by atoms with E-state index in [1.165, 1.54) is 0 Å². The molecule has 9 nitrogen and oxygen atoms in total. The van der Waals surface area contributed by atoms with Crippen LogP contribution in [0.5, 0.6) is 11.6 Å². The summed E-state index contributed by atoms with van der Waals surface area (Å²) in [6.45, 7) is 2.96. The van der Waals surface area contributed by atoms with Gasteiger partial charge in [0.15, 0.2) is 5.65 Å². The Morgan fingerprint density at radius 2 is 2.13 bits per heavy atom. The van der Waals surface area contributed by atoms with Gasteiger partial charge in [-0.05, 0) is 24.6 Å². The van der Waals surface area contributed by atoms with Crippen LogP contribution >= 0.6 is 0 Å². The third-order valence-corrected chi connectivity index (χ3v) is 5.99. The van der Waals surface area contributed by atoms with Crippen LogP contribution in [0.4, 0.5) is 5.69 Å². The van der Waals surface area contributed by atoms with Gasteiger partial charge in [-0.1, -0.05) is 0 Å². The molecule has 4 bridgehead atoms. The number of anilines is 1. The van der Waals surface area contributed by atoms with Crippen molar-refractivity contribution in [3.05, 3.63) is 36.7 Å². The zero-order chi connectivity index (χ0) is 21.5. The van der Waals surface area contributed by atoms with E-state index in [2.05, 4.69) is 15.4 Å². The van der Waals surface area contributed by atoms with Crippen LogP contribution in [0.15, 0.2) is 36.7 Å². The normalized spacial score (nSPS) is 23.3. The average Bonchev–Trinajstić information content (AvgIpc) is 3.35. The minimum absolute atomic E-state index is 0.00897. The molecule has 4 heterocycles.